The first-order valence-corrected chi connectivity index (χ1v) is 6.95. The highest BCUT2D eigenvalue weighted by Gasteiger charge is 2.30. The number of hydrogen-bond donors (Lipinski definition) is 0. The second-order valence-corrected chi connectivity index (χ2v) is 5.67. The largest absolute Gasteiger partial charge is 0.370 e. The van der Waals surface area contributed by atoms with Gasteiger partial charge in [0.05, 0.1) is 24.4 Å². The standard InChI is InChI=1S/C14H22N2O/c1-3-11-6-10(2)17-14(7-11)12-8-15-16(9-12)13-4-5-13/h8-11,13-14H,3-7H2,1-2H3. The molecule has 2 aliphatic rings. The third-order valence-corrected chi connectivity index (χ3v) is 4.10. The van der Waals surface area contributed by atoms with E-state index in [1.807, 2.05) is 6.20 Å². The summed E-state index contributed by atoms with van der Waals surface area (Å²) in [5.41, 5.74) is 1.28. The lowest BCUT2D eigenvalue weighted by molar-refractivity contribution is -0.0643. The predicted octanol–water partition coefficient (Wildman–Crippen LogP) is 3.48. The molecule has 3 heteroatoms. The molecule has 3 atom stereocenters. The van der Waals surface area contributed by atoms with Crippen molar-refractivity contribution in [2.24, 2.45) is 5.92 Å². The Morgan fingerprint density at radius 3 is 2.94 bits per heavy atom. The zero-order valence-corrected chi connectivity index (χ0v) is 10.8. The van der Waals surface area contributed by atoms with Crippen molar-refractivity contribution in [2.45, 2.75) is 64.2 Å². The minimum atomic E-state index is 0.274. The van der Waals surface area contributed by atoms with Crippen molar-refractivity contribution in [3.63, 3.8) is 0 Å². The van der Waals surface area contributed by atoms with Gasteiger partial charge in [0.15, 0.2) is 0 Å². The van der Waals surface area contributed by atoms with Crippen molar-refractivity contribution in [1.29, 1.82) is 0 Å². The predicted molar refractivity (Wildman–Crippen MR) is 66.8 cm³/mol. The molecule has 0 radical (unpaired) electrons. The lowest BCUT2D eigenvalue weighted by Gasteiger charge is -2.33. The number of hydrogen-bond acceptors (Lipinski definition) is 2. The Hall–Kier alpha value is -0.830. The Morgan fingerprint density at radius 1 is 1.41 bits per heavy atom. The Morgan fingerprint density at radius 2 is 2.24 bits per heavy atom. The maximum atomic E-state index is 6.06. The molecular formula is C14H22N2O. The van der Waals surface area contributed by atoms with Crippen LogP contribution in [0.5, 0.6) is 0 Å². The molecule has 0 aromatic carbocycles. The Bertz CT molecular complexity index is 383. The molecule has 2 fully saturated rings. The van der Waals surface area contributed by atoms with E-state index in [4.69, 9.17) is 4.74 Å². The summed E-state index contributed by atoms with van der Waals surface area (Å²) in [4.78, 5) is 0. The van der Waals surface area contributed by atoms with Gasteiger partial charge in [-0.05, 0) is 38.5 Å². The quantitative estimate of drug-likeness (QED) is 0.800. The Kier molecular flexibility index (Phi) is 2.95. The number of aromatic nitrogens is 2. The summed E-state index contributed by atoms with van der Waals surface area (Å²) in [6, 6.07) is 0.673. The lowest BCUT2D eigenvalue weighted by atomic mass is 9.88. The van der Waals surface area contributed by atoms with Crippen LogP contribution in [0.25, 0.3) is 0 Å². The molecule has 1 aromatic heterocycles. The lowest BCUT2D eigenvalue weighted by Crippen LogP contribution is -2.25. The second-order valence-electron chi connectivity index (χ2n) is 5.67. The summed E-state index contributed by atoms with van der Waals surface area (Å²) in [6.45, 7) is 4.48. The molecule has 17 heavy (non-hydrogen) atoms. The zero-order chi connectivity index (χ0) is 11.8. The SMILES string of the molecule is CCC1CC(C)OC(c2cnn(C3CC3)c2)C1. The van der Waals surface area contributed by atoms with Crippen LogP contribution in [0.2, 0.25) is 0 Å². The molecule has 3 rings (SSSR count). The summed E-state index contributed by atoms with van der Waals surface area (Å²) in [6.07, 6.45) is 11.1. The summed E-state index contributed by atoms with van der Waals surface area (Å²) < 4.78 is 8.19. The topological polar surface area (TPSA) is 27.1 Å². The highest BCUT2D eigenvalue weighted by Crippen LogP contribution is 2.38. The van der Waals surface area contributed by atoms with Crippen molar-refractivity contribution in [3.8, 4) is 0 Å². The van der Waals surface area contributed by atoms with Gasteiger partial charge in [-0.2, -0.15) is 5.10 Å². The van der Waals surface area contributed by atoms with Crippen molar-refractivity contribution in [2.75, 3.05) is 0 Å². The molecule has 2 heterocycles. The van der Waals surface area contributed by atoms with Gasteiger partial charge in [0, 0.05) is 11.8 Å². The van der Waals surface area contributed by atoms with E-state index in [0.717, 1.165) is 12.3 Å². The maximum Gasteiger partial charge on any atom is 0.0861 e. The molecule has 3 nitrogen and oxygen atoms in total. The van der Waals surface area contributed by atoms with Gasteiger partial charge in [-0.25, -0.2) is 0 Å². The van der Waals surface area contributed by atoms with Gasteiger partial charge >= 0.3 is 0 Å². The van der Waals surface area contributed by atoms with Crippen LogP contribution in [0.3, 0.4) is 0 Å². The minimum Gasteiger partial charge on any atom is -0.370 e. The molecule has 1 aliphatic heterocycles. The molecule has 94 valence electrons. The van der Waals surface area contributed by atoms with E-state index in [9.17, 15) is 0 Å². The normalized spacial score (nSPS) is 33.9. The number of rotatable bonds is 3. The van der Waals surface area contributed by atoms with Gasteiger partial charge in [0.2, 0.25) is 0 Å². The average molecular weight is 234 g/mol. The van der Waals surface area contributed by atoms with Crippen LogP contribution in [0.4, 0.5) is 0 Å². The first kappa shape index (κ1) is 11.3. The molecule has 0 N–H and O–H groups in total. The van der Waals surface area contributed by atoms with Crippen molar-refractivity contribution >= 4 is 0 Å². The Labute approximate surface area is 103 Å². The van der Waals surface area contributed by atoms with Crippen LogP contribution in [-0.2, 0) is 4.74 Å². The third-order valence-electron chi connectivity index (χ3n) is 4.10. The van der Waals surface area contributed by atoms with E-state index in [2.05, 4.69) is 29.8 Å². The molecule has 1 saturated heterocycles. The van der Waals surface area contributed by atoms with E-state index >= 15 is 0 Å². The van der Waals surface area contributed by atoms with E-state index in [0.29, 0.717) is 12.1 Å². The molecule has 1 aliphatic carbocycles. The summed E-state index contributed by atoms with van der Waals surface area (Å²) in [5.74, 6) is 0.813. The van der Waals surface area contributed by atoms with Gasteiger partial charge < -0.3 is 4.74 Å². The van der Waals surface area contributed by atoms with Crippen LogP contribution in [0.1, 0.15) is 63.7 Å². The number of ether oxygens (including phenoxy) is 1. The van der Waals surface area contributed by atoms with Gasteiger partial charge in [-0.1, -0.05) is 13.3 Å². The van der Waals surface area contributed by atoms with E-state index < -0.39 is 0 Å². The van der Waals surface area contributed by atoms with Gasteiger partial charge in [-0.15, -0.1) is 0 Å². The highest BCUT2D eigenvalue weighted by molar-refractivity contribution is 5.11. The van der Waals surface area contributed by atoms with Gasteiger partial charge in [0.25, 0.3) is 0 Å². The van der Waals surface area contributed by atoms with E-state index in [1.54, 1.807) is 0 Å². The zero-order valence-electron chi connectivity index (χ0n) is 10.8. The van der Waals surface area contributed by atoms with Crippen molar-refractivity contribution in [3.05, 3.63) is 18.0 Å². The minimum absolute atomic E-state index is 0.274. The van der Waals surface area contributed by atoms with Gasteiger partial charge in [0.1, 0.15) is 0 Å². The maximum absolute atomic E-state index is 6.06. The molecule has 0 spiro atoms. The smallest absolute Gasteiger partial charge is 0.0861 e. The van der Waals surface area contributed by atoms with Crippen molar-refractivity contribution in [1.82, 2.24) is 9.78 Å². The van der Waals surface area contributed by atoms with Crippen LogP contribution in [0.15, 0.2) is 12.4 Å². The third kappa shape index (κ3) is 2.39. The molecule has 3 unspecified atom stereocenters. The summed E-state index contributed by atoms with van der Waals surface area (Å²) in [7, 11) is 0. The van der Waals surface area contributed by atoms with E-state index in [-0.39, 0.29) is 6.10 Å². The average Bonchev–Trinajstić information content (AvgIpc) is 3.06. The van der Waals surface area contributed by atoms with Crippen LogP contribution in [0, 0.1) is 5.92 Å². The molecule has 1 aromatic rings. The van der Waals surface area contributed by atoms with Gasteiger partial charge in [-0.3, -0.25) is 4.68 Å². The monoisotopic (exact) mass is 234 g/mol. The fourth-order valence-corrected chi connectivity index (χ4v) is 2.87. The second kappa shape index (κ2) is 4.45. The van der Waals surface area contributed by atoms with Crippen LogP contribution in [-0.4, -0.2) is 15.9 Å². The van der Waals surface area contributed by atoms with E-state index in [1.165, 1.54) is 31.2 Å². The highest BCUT2D eigenvalue weighted by atomic mass is 16.5. The van der Waals surface area contributed by atoms with Crippen molar-refractivity contribution < 1.29 is 4.74 Å². The Balaban J connectivity index is 1.72. The first-order chi connectivity index (χ1) is 8.26. The molecule has 1 saturated carbocycles. The van der Waals surface area contributed by atoms with Crippen LogP contribution < -0.4 is 0 Å². The molecule has 0 amide bonds. The number of nitrogens with zero attached hydrogens (tertiary/aromatic N) is 2. The summed E-state index contributed by atoms with van der Waals surface area (Å²) >= 11 is 0. The fourth-order valence-electron chi connectivity index (χ4n) is 2.87. The molecule has 0 bridgehead atoms. The molecular weight excluding hydrogens is 212 g/mol. The summed E-state index contributed by atoms with van der Waals surface area (Å²) in [5, 5.41) is 4.47. The fraction of sp³-hybridized carbons (Fsp3) is 0.786. The first-order valence-electron chi connectivity index (χ1n) is 6.95. The van der Waals surface area contributed by atoms with Crippen LogP contribution >= 0.6 is 0 Å².